The maximum absolute atomic E-state index is 12.9. The molecule has 0 heterocycles. The Labute approximate surface area is 130 Å². The SMILES string of the molecule is C/C(=C\c1ccc(Oc2ccc(F)cc2)c([N+](=O)[O-])c1)C(=O)O. The third kappa shape index (κ3) is 4.13. The minimum absolute atomic E-state index is 0.0215. The lowest BCUT2D eigenvalue weighted by molar-refractivity contribution is -0.385. The average molecular weight is 317 g/mol. The molecule has 23 heavy (non-hydrogen) atoms. The molecule has 2 aromatic rings. The second kappa shape index (κ2) is 6.69. The third-order valence-electron chi connectivity index (χ3n) is 2.94. The van der Waals surface area contributed by atoms with E-state index in [1.165, 1.54) is 55.5 Å². The molecule has 0 saturated carbocycles. The van der Waals surface area contributed by atoms with Gasteiger partial charge in [0.05, 0.1) is 4.92 Å². The quantitative estimate of drug-likeness (QED) is 0.511. The number of rotatable bonds is 5. The number of nitro benzene ring substituents is 1. The number of halogens is 1. The largest absolute Gasteiger partial charge is 0.478 e. The maximum Gasteiger partial charge on any atom is 0.331 e. The molecule has 0 saturated heterocycles. The molecule has 2 rings (SSSR count). The summed E-state index contributed by atoms with van der Waals surface area (Å²) in [6.07, 6.45) is 1.32. The lowest BCUT2D eigenvalue weighted by Crippen LogP contribution is -1.97. The van der Waals surface area contributed by atoms with Gasteiger partial charge in [-0.2, -0.15) is 0 Å². The van der Waals surface area contributed by atoms with Crippen LogP contribution >= 0.6 is 0 Å². The molecular weight excluding hydrogens is 305 g/mol. The lowest BCUT2D eigenvalue weighted by Gasteiger charge is -2.07. The summed E-state index contributed by atoms with van der Waals surface area (Å²) < 4.78 is 18.2. The van der Waals surface area contributed by atoms with Crippen LogP contribution in [0.5, 0.6) is 11.5 Å². The predicted molar refractivity (Wildman–Crippen MR) is 80.9 cm³/mol. The molecule has 0 aliphatic rings. The van der Waals surface area contributed by atoms with Crippen LogP contribution in [-0.4, -0.2) is 16.0 Å². The van der Waals surface area contributed by atoms with Crippen LogP contribution in [0, 0.1) is 15.9 Å². The van der Waals surface area contributed by atoms with E-state index < -0.39 is 16.7 Å². The molecule has 2 aromatic carbocycles. The number of carboxylic acid groups (broad SMARTS) is 1. The lowest BCUT2D eigenvalue weighted by atomic mass is 10.1. The van der Waals surface area contributed by atoms with Crippen LogP contribution < -0.4 is 4.74 Å². The van der Waals surface area contributed by atoms with Gasteiger partial charge < -0.3 is 9.84 Å². The molecule has 7 heteroatoms. The van der Waals surface area contributed by atoms with E-state index in [1.54, 1.807) is 0 Å². The first-order valence-corrected chi connectivity index (χ1v) is 6.50. The van der Waals surface area contributed by atoms with E-state index in [4.69, 9.17) is 9.84 Å². The highest BCUT2D eigenvalue weighted by Crippen LogP contribution is 2.32. The zero-order valence-electron chi connectivity index (χ0n) is 12.0. The molecule has 0 atom stereocenters. The Morgan fingerprint density at radius 2 is 1.91 bits per heavy atom. The van der Waals surface area contributed by atoms with Crippen LogP contribution in [0.2, 0.25) is 0 Å². The van der Waals surface area contributed by atoms with Crippen molar-refractivity contribution in [2.45, 2.75) is 6.92 Å². The number of ether oxygens (including phenoxy) is 1. The van der Waals surface area contributed by atoms with E-state index in [-0.39, 0.29) is 22.8 Å². The Balaban J connectivity index is 2.37. The summed E-state index contributed by atoms with van der Waals surface area (Å²) in [6, 6.07) is 9.12. The van der Waals surface area contributed by atoms with Crippen molar-refractivity contribution in [1.82, 2.24) is 0 Å². The highest BCUT2D eigenvalue weighted by molar-refractivity contribution is 5.91. The van der Waals surface area contributed by atoms with E-state index in [1.807, 2.05) is 0 Å². The molecule has 0 aliphatic heterocycles. The van der Waals surface area contributed by atoms with Gasteiger partial charge in [0.1, 0.15) is 11.6 Å². The third-order valence-corrected chi connectivity index (χ3v) is 2.94. The van der Waals surface area contributed by atoms with Gasteiger partial charge in [-0.3, -0.25) is 10.1 Å². The Kier molecular flexibility index (Phi) is 4.70. The fourth-order valence-electron chi connectivity index (χ4n) is 1.79. The smallest absolute Gasteiger partial charge is 0.331 e. The minimum Gasteiger partial charge on any atom is -0.478 e. The molecule has 6 nitrogen and oxygen atoms in total. The van der Waals surface area contributed by atoms with Crippen LogP contribution in [0.4, 0.5) is 10.1 Å². The first-order valence-electron chi connectivity index (χ1n) is 6.50. The number of nitro groups is 1. The van der Waals surface area contributed by atoms with Crippen LogP contribution in [0.25, 0.3) is 6.08 Å². The second-order valence-electron chi connectivity index (χ2n) is 4.67. The summed E-state index contributed by atoms with van der Waals surface area (Å²) in [7, 11) is 0. The number of hydrogen-bond acceptors (Lipinski definition) is 4. The van der Waals surface area contributed by atoms with Gasteiger partial charge >= 0.3 is 11.7 Å². The highest BCUT2D eigenvalue weighted by Gasteiger charge is 2.17. The summed E-state index contributed by atoms with van der Waals surface area (Å²) in [5.74, 6) is -1.33. The Hall–Kier alpha value is -3.22. The van der Waals surface area contributed by atoms with Crippen molar-refractivity contribution in [2.75, 3.05) is 0 Å². The van der Waals surface area contributed by atoms with E-state index in [2.05, 4.69) is 0 Å². The van der Waals surface area contributed by atoms with Gasteiger partial charge in [-0.15, -0.1) is 0 Å². The Morgan fingerprint density at radius 1 is 1.26 bits per heavy atom. The predicted octanol–water partition coefficient (Wildman–Crippen LogP) is 4.01. The number of benzene rings is 2. The van der Waals surface area contributed by atoms with Gasteiger partial charge in [0, 0.05) is 11.6 Å². The molecule has 0 aliphatic carbocycles. The van der Waals surface area contributed by atoms with Gasteiger partial charge in [-0.05, 0) is 48.9 Å². The van der Waals surface area contributed by atoms with Crippen molar-refractivity contribution in [3.05, 3.63) is 69.5 Å². The zero-order chi connectivity index (χ0) is 17.0. The summed E-state index contributed by atoms with van der Waals surface area (Å²) in [5, 5.41) is 20.0. The van der Waals surface area contributed by atoms with Gasteiger partial charge in [0.2, 0.25) is 5.75 Å². The summed E-state index contributed by atoms with van der Waals surface area (Å²) >= 11 is 0. The number of carboxylic acids is 1. The van der Waals surface area contributed by atoms with Crippen molar-refractivity contribution in [3.63, 3.8) is 0 Å². The summed E-state index contributed by atoms with van der Waals surface area (Å²) in [4.78, 5) is 21.3. The Morgan fingerprint density at radius 3 is 2.48 bits per heavy atom. The molecule has 118 valence electrons. The summed E-state index contributed by atoms with van der Waals surface area (Å²) in [6.45, 7) is 1.39. The van der Waals surface area contributed by atoms with Crippen molar-refractivity contribution < 1.29 is 24.0 Å². The second-order valence-corrected chi connectivity index (χ2v) is 4.67. The van der Waals surface area contributed by atoms with E-state index in [9.17, 15) is 19.3 Å². The van der Waals surface area contributed by atoms with Gasteiger partial charge in [-0.1, -0.05) is 6.07 Å². The highest BCUT2D eigenvalue weighted by atomic mass is 19.1. The van der Waals surface area contributed by atoms with Crippen molar-refractivity contribution in [1.29, 1.82) is 0 Å². The Bertz CT molecular complexity index is 784. The van der Waals surface area contributed by atoms with Crippen molar-refractivity contribution >= 4 is 17.7 Å². The van der Waals surface area contributed by atoms with Crippen LogP contribution in [0.1, 0.15) is 12.5 Å². The molecule has 0 amide bonds. The zero-order valence-corrected chi connectivity index (χ0v) is 12.0. The van der Waals surface area contributed by atoms with Crippen molar-refractivity contribution in [3.8, 4) is 11.5 Å². The van der Waals surface area contributed by atoms with Crippen LogP contribution in [0.3, 0.4) is 0 Å². The van der Waals surface area contributed by atoms with E-state index in [0.717, 1.165) is 0 Å². The van der Waals surface area contributed by atoms with Gasteiger partial charge in [0.15, 0.2) is 0 Å². The molecule has 0 aromatic heterocycles. The first kappa shape index (κ1) is 16.2. The molecule has 0 fully saturated rings. The molecule has 0 radical (unpaired) electrons. The molecule has 1 N–H and O–H groups in total. The standard InChI is InChI=1S/C16H12FNO5/c1-10(16(19)20)8-11-2-7-15(14(9-11)18(21)22)23-13-5-3-12(17)4-6-13/h2-9H,1H3,(H,19,20)/b10-8+. The van der Waals surface area contributed by atoms with Crippen molar-refractivity contribution in [2.24, 2.45) is 0 Å². The van der Waals surface area contributed by atoms with Gasteiger partial charge in [-0.25, -0.2) is 9.18 Å². The molecule has 0 bridgehead atoms. The van der Waals surface area contributed by atoms with E-state index >= 15 is 0 Å². The van der Waals surface area contributed by atoms with Crippen LogP contribution in [-0.2, 0) is 4.79 Å². The first-order chi connectivity index (χ1) is 10.9. The fourth-order valence-corrected chi connectivity index (χ4v) is 1.79. The van der Waals surface area contributed by atoms with Crippen LogP contribution in [0.15, 0.2) is 48.0 Å². The van der Waals surface area contributed by atoms with Gasteiger partial charge in [0.25, 0.3) is 0 Å². The molecule has 0 spiro atoms. The maximum atomic E-state index is 12.9. The van der Waals surface area contributed by atoms with E-state index in [0.29, 0.717) is 5.56 Å². The monoisotopic (exact) mass is 317 g/mol. The minimum atomic E-state index is -1.11. The number of nitrogens with zero attached hydrogens (tertiary/aromatic N) is 1. The number of hydrogen-bond donors (Lipinski definition) is 1. The number of aliphatic carboxylic acids is 1. The molecular formula is C16H12FNO5. The topological polar surface area (TPSA) is 89.7 Å². The fraction of sp³-hybridized carbons (Fsp3) is 0.0625. The normalized spacial score (nSPS) is 11.1. The molecule has 0 unspecified atom stereocenters. The number of carbonyl (C=O) groups is 1. The average Bonchev–Trinajstić information content (AvgIpc) is 2.50. The summed E-state index contributed by atoms with van der Waals surface area (Å²) in [5.41, 5.74) is 0.0934.